The Morgan fingerprint density at radius 2 is 1.19 bits per heavy atom. The van der Waals surface area contributed by atoms with Crippen molar-refractivity contribution in [1.29, 1.82) is 0 Å². The van der Waals surface area contributed by atoms with E-state index in [1.165, 1.54) is 31.6 Å². The molecule has 3 heteroatoms. The van der Waals surface area contributed by atoms with Crippen LogP contribution in [0.2, 0.25) is 0 Å². The first-order valence-corrected chi connectivity index (χ1v) is 13.3. The van der Waals surface area contributed by atoms with E-state index < -0.39 is 0 Å². The minimum absolute atomic E-state index is 0.345. The van der Waals surface area contributed by atoms with Crippen LogP contribution in [-0.4, -0.2) is 57.5 Å². The fraction of sp³-hybridized carbons (Fsp3) is 1.00. The molecule has 0 spiro atoms. The normalized spacial score (nSPS) is 13.7. The van der Waals surface area contributed by atoms with Crippen LogP contribution >= 0.6 is 23.8 Å². The molecule has 0 aromatic heterocycles. The molecule has 0 radical (unpaired) electrons. The quantitative estimate of drug-likeness (QED) is 0.486. The Morgan fingerprint density at radius 1 is 0.625 bits per heavy atom. The summed E-state index contributed by atoms with van der Waals surface area (Å²) in [6.45, 7) is 12.0. The second kappa shape index (κ2) is 11.4. The first-order chi connectivity index (χ1) is 7.56. The monoisotopic (exact) mass is 280 g/mol. The molecule has 0 fully saturated rings. The lowest BCUT2D eigenvalue weighted by Crippen LogP contribution is -2.00. The third kappa shape index (κ3) is 11.8. The van der Waals surface area contributed by atoms with Crippen LogP contribution in [0.1, 0.15) is 26.2 Å². The van der Waals surface area contributed by atoms with Gasteiger partial charge in [-0.15, -0.1) is 23.8 Å². The molecule has 98 valence electrons. The summed E-state index contributed by atoms with van der Waals surface area (Å²) in [7, 11) is 1.09. The fourth-order valence-electron chi connectivity index (χ4n) is 1.67. The zero-order valence-corrected chi connectivity index (χ0v) is 14.7. The first kappa shape index (κ1) is 17.3. The van der Waals surface area contributed by atoms with Gasteiger partial charge < -0.3 is 0 Å². The molecule has 0 saturated carbocycles. The van der Waals surface area contributed by atoms with Crippen molar-refractivity contribution < 1.29 is 0 Å². The molecule has 0 saturated heterocycles. The van der Waals surface area contributed by atoms with E-state index in [1.807, 2.05) is 0 Å². The third-order valence-electron chi connectivity index (χ3n) is 2.77. The maximum Gasteiger partial charge on any atom is -0.0287 e. The average molecular weight is 280 g/mol. The van der Waals surface area contributed by atoms with Gasteiger partial charge in [0.2, 0.25) is 0 Å². The molecular formula is C13H31P3. The molecule has 0 rings (SSSR count). The largest absolute Gasteiger partial charge is 0.113 e. The van der Waals surface area contributed by atoms with Gasteiger partial charge in [-0.2, -0.15) is 0 Å². The number of rotatable bonds is 10. The van der Waals surface area contributed by atoms with Crippen molar-refractivity contribution in [3.8, 4) is 0 Å². The Balaban J connectivity index is 3.71. The lowest BCUT2D eigenvalue weighted by molar-refractivity contribution is 0.887. The fourth-order valence-corrected chi connectivity index (χ4v) is 7.48. The van der Waals surface area contributed by atoms with Crippen LogP contribution < -0.4 is 0 Å². The molecule has 0 aliphatic heterocycles. The van der Waals surface area contributed by atoms with Gasteiger partial charge in [0.1, 0.15) is 0 Å². The predicted molar refractivity (Wildman–Crippen MR) is 88.3 cm³/mol. The van der Waals surface area contributed by atoms with Crippen molar-refractivity contribution in [1.82, 2.24) is 0 Å². The molecule has 16 heavy (non-hydrogen) atoms. The number of hydrogen-bond donors (Lipinski definition) is 0. The molecule has 0 aromatic carbocycles. The molecule has 1 unspecified atom stereocenters. The molecule has 0 aromatic rings. The van der Waals surface area contributed by atoms with Crippen molar-refractivity contribution in [2.24, 2.45) is 0 Å². The molecule has 0 N–H and O–H groups in total. The highest BCUT2D eigenvalue weighted by Gasteiger charge is 2.08. The Bertz CT molecular complexity index is 146. The Kier molecular flexibility index (Phi) is 12.3. The zero-order valence-electron chi connectivity index (χ0n) is 12.0. The van der Waals surface area contributed by atoms with Crippen LogP contribution in [0.15, 0.2) is 0 Å². The number of unbranched alkanes of at least 4 members (excludes halogenated alkanes) is 1. The maximum atomic E-state index is 2.43. The van der Waals surface area contributed by atoms with E-state index in [4.69, 9.17) is 0 Å². The van der Waals surface area contributed by atoms with Gasteiger partial charge in [0.05, 0.1) is 0 Å². The molecule has 0 aliphatic carbocycles. The molecule has 0 nitrogen and oxygen atoms in total. The van der Waals surface area contributed by atoms with E-state index in [0.29, 0.717) is 23.8 Å². The van der Waals surface area contributed by atoms with E-state index in [0.717, 1.165) is 0 Å². The summed E-state index contributed by atoms with van der Waals surface area (Å²) in [4.78, 5) is 0. The van der Waals surface area contributed by atoms with Gasteiger partial charge in [-0.25, -0.2) is 0 Å². The molecule has 0 amide bonds. The summed E-state index contributed by atoms with van der Waals surface area (Å²) in [5.41, 5.74) is 0. The molecular weight excluding hydrogens is 249 g/mol. The molecule has 0 bridgehead atoms. The minimum Gasteiger partial charge on any atom is -0.113 e. The summed E-state index contributed by atoms with van der Waals surface area (Å²) < 4.78 is 0. The average Bonchev–Trinajstić information content (AvgIpc) is 2.20. The molecule has 1 atom stereocenters. The summed E-state index contributed by atoms with van der Waals surface area (Å²) >= 11 is 0. The maximum absolute atomic E-state index is 2.43. The summed E-state index contributed by atoms with van der Waals surface area (Å²) in [6.07, 6.45) is 12.1. The van der Waals surface area contributed by atoms with Gasteiger partial charge in [0.15, 0.2) is 0 Å². The van der Waals surface area contributed by atoms with Crippen LogP contribution in [0, 0.1) is 0 Å². The second-order valence-corrected chi connectivity index (χ2v) is 13.1. The highest BCUT2D eigenvalue weighted by atomic mass is 31.1. The topological polar surface area (TPSA) is 0 Å². The highest BCUT2D eigenvalue weighted by Crippen LogP contribution is 2.42. The molecule has 0 aliphatic rings. The Labute approximate surface area is 108 Å². The SMILES string of the molecule is CCCCP(CCCP(C)C)CCP(C)C. The first-order valence-electron chi connectivity index (χ1n) is 6.58. The van der Waals surface area contributed by atoms with Gasteiger partial charge in [-0.1, -0.05) is 13.3 Å². The van der Waals surface area contributed by atoms with Crippen molar-refractivity contribution in [3.63, 3.8) is 0 Å². The van der Waals surface area contributed by atoms with Gasteiger partial charge in [-0.05, 0) is 70.3 Å². The van der Waals surface area contributed by atoms with Crippen LogP contribution in [0.3, 0.4) is 0 Å². The van der Waals surface area contributed by atoms with E-state index in [9.17, 15) is 0 Å². The van der Waals surface area contributed by atoms with Crippen molar-refractivity contribution in [3.05, 3.63) is 0 Å². The van der Waals surface area contributed by atoms with Crippen molar-refractivity contribution in [2.75, 3.05) is 57.5 Å². The predicted octanol–water partition coefficient (Wildman–Crippen LogP) is 5.14. The van der Waals surface area contributed by atoms with Crippen molar-refractivity contribution in [2.45, 2.75) is 26.2 Å². The molecule has 0 heterocycles. The number of hydrogen-bond acceptors (Lipinski definition) is 0. The highest BCUT2D eigenvalue weighted by molar-refractivity contribution is 7.61. The standard InChI is InChI=1S/C13H31P3/c1-6-7-10-16(13-12-15(4)5)11-8-9-14(2)3/h6-13H2,1-5H3. The lowest BCUT2D eigenvalue weighted by Gasteiger charge is -2.19. The lowest BCUT2D eigenvalue weighted by atomic mass is 10.4. The van der Waals surface area contributed by atoms with Crippen LogP contribution in [-0.2, 0) is 0 Å². The second-order valence-electron chi connectivity index (χ2n) is 5.16. The summed E-state index contributed by atoms with van der Waals surface area (Å²) in [5.74, 6) is 0. The third-order valence-corrected chi connectivity index (χ3v) is 8.21. The van der Waals surface area contributed by atoms with E-state index in [1.54, 1.807) is 18.5 Å². The minimum atomic E-state index is 0.345. The van der Waals surface area contributed by atoms with Crippen LogP contribution in [0.4, 0.5) is 0 Å². The van der Waals surface area contributed by atoms with Crippen LogP contribution in [0.5, 0.6) is 0 Å². The van der Waals surface area contributed by atoms with Gasteiger partial charge >= 0.3 is 0 Å². The Morgan fingerprint density at radius 3 is 1.69 bits per heavy atom. The summed E-state index contributed by atoms with van der Waals surface area (Å²) in [6, 6.07) is 0. The van der Waals surface area contributed by atoms with E-state index in [2.05, 4.69) is 33.6 Å². The van der Waals surface area contributed by atoms with Gasteiger partial charge in [0.25, 0.3) is 0 Å². The summed E-state index contributed by atoms with van der Waals surface area (Å²) in [5, 5.41) is 0. The van der Waals surface area contributed by atoms with Gasteiger partial charge in [-0.3, -0.25) is 0 Å². The van der Waals surface area contributed by atoms with E-state index in [-0.39, 0.29) is 0 Å². The zero-order chi connectivity index (χ0) is 12.4. The van der Waals surface area contributed by atoms with Crippen LogP contribution in [0.25, 0.3) is 0 Å². The van der Waals surface area contributed by atoms with Gasteiger partial charge in [0, 0.05) is 0 Å². The van der Waals surface area contributed by atoms with E-state index >= 15 is 0 Å². The van der Waals surface area contributed by atoms with Crippen molar-refractivity contribution >= 4 is 23.8 Å². The Hall–Kier alpha value is 1.29. The smallest absolute Gasteiger partial charge is 0.0287 e.